The smallest absolute Gasteiger partial charge is 0.234 e. The van der Waals surface area contributed by atoms with E-state index in [1.165, 1.54) is 29.2 Å². The summed E-state index contributed by atoms with van der Waals surface area (Å²) < 4.78 is 0.823. The second kappa shape index (κ2) is 7.40. The molecule has 1 heterocycles. The minimum absolute atomic E-state index is 0.162. The Labute approximate surface area is 149 Å². The number of thioether (sulfide) groups is 1. The van der Waals surface area contributed by atoms with Gasteiger partial charge in [-0.1, -0.05) is 58.2 Å². The van der Waals surface area contributed by atoms with Crippen LogP contribution in [0.3, 0.4) is 0 Å². The van der Waals surface area contributed by atoms with E-state index in [-0.39, 0.29) is 37.4 Å². The van der Waals surface area contributed by atoms with Gasteiger partial charge < -0.3 is 5.32 Å². The summed E-state index contributed by atoms with van der Waals surface area (Å²) in [5.41, 5.74) is 1.15. The van der Waals surface area contributed by atoms with Gasteiger partial charge in [0, 0.05) is 11.1 Å². The molecule has 0 bridgehead atoms. The monoisotopic (exact) mass is 400 g/mol. The second-order valence-electron chi connectivity index (χ2n) is 3.93. The van der Waals surface area contributed by atoms with Crippen molar-refractivity contribution in [1.29, 1.82) is 0 Å². The Morgan fingerprint density at radius 3 is 2.43 bits per heavy atom. The first-order valence-corrected chi connectivity index (χ1v) is 8.94. The van der Waals surface area contributed by atoms with Crippen molar-refractivity contribution in [2.24, 2.45) is 0 Å². The molecule has 2 aromatic rings. The molecule has 0 aliphatic heterocycles. The highest BCUT2D eigenvalue weighted by atomic mass is 35.5. The molecule has 0 saturated carbocycles. The van der Waals surface area contributed by atoms with E-state index in [0.29, 0.717) is 0 Å². The Morgan fingerprint density at radius 1 is 1.29 bits per heavy atom. The quantitative estimate of drug-likeness (QED) is 0.520. The lowest BCUT2D eigenvalue weighted by atomic mass is 10.3. The molecule has 1 aromatic carbocycles. The predicted octanol–water partition coefficient (Wildman–Crippen LogP) is 5.80. The fourth-order valence-corrected chi connectivity index (χ4v) is 3.94. The molecule has 3 nitrogen and oxygen atoms in total. The number of benzene rings is 1. The normalized spacial score (nSPS) is 10.7. The molecule has 2 rings (SSSR count). The summed E-state index contributed by atoms with van der Waals surface area (Å²) in [7, 11) is 0. The van der Waals surface area contributed by atoms with E-state index >= 15 is 0 Å². The molecule has 0 fully saturated rings. The molecule has 1 N–H and O–H groups in total. The van der Waals surface area contributed by atoms with Gasteiger partial charge in [0.1, 0.15) is 0 Å². The van der Waals surface area contributed by atoms with E-state index in [4.69, 9.17) is 46.4 Å². The molecule has 0 radical (unpaired) electrons. The predicted molar refractivity (Wildman–Crippen MR) is 92.7 cm³/mol. The van der Waals surface area contributed by atoms with Crippen molar-refractivity contribution in [2.75, 3.05) is 11.1 Å². The van der Waals surface area contributed by atoms with Crippen LogP contribution in [0.5, 0.6) is 0 Å². The highest BCUT2D eigenvalue weighted by Gasteiger charge is 2.16. The second-order valence-corrected chi connectivity index (χ2v) is 7.59. The third-order valence-electron chi connectivity index (χ3n) is 2.30. The van der Waals surface area contributed by atoms with Gasteiger partial charge in [-0.25, -0.2) is 4.98 Å². The number of aryl methyl sites for hydroxylation is 1. The van der Waals surface area contributed by atoms with Gasteiger partial charge in [-0.05, 0) is 13.0 Å². The number of halogens is 4. The first kappa shape index (κ1) is 17.2. The molecular formula is C12H8Cl4N2OS2. The molecule has 0 aliphatic rings. The van der Waals surface area contributed by atoms with Gasteiger partial charge in [0.05, 0.1) is 31.5 Å². The van der Waals surface area contributed by atoms with E-state index < -0.39 is 0 Å². The molecule has 1 amide bonds. The van der Waals surface area contributed by atoms with E-state index in [9.17, 15) is 4.79 Å². The highest BCUT2D eigenvalue weighted by molar-refractivity contribution is 8.01. The Balaban J connectivity index is 2.06. The Bertz CT molecular complexity index is 664. The van der Waals surface area contributed by atoms with E-state index in [2.05, 4.69) is 10.3 Å². The number of hydrogen-bond donors (Lipinski definition) is 1. The van der Waals surface area contributed by atoms with Gasteiger partial charge in [-0.3, -0.25) is 4.79 Å². The fraction of sp³-hybridized carbons (Fsp3) is 0.167. The summed E-state index contributed by atoms with van der Waals surface area (Å²) in [6.07, 6.45) is 0. The molecule has 21 heavy (non-hydrogen) atoms. The zero-order valence-electron chi connectivity index (χ0n) is 10.5. The van der Waals surface area contributed by atoms with Crippen LogP contribution in [0.4, 0.5) is 5.69 Å². The maximum absolute atomic E-state index is 12.0. The average molecular weight is 402 g/mol. The minimum Gasteiger partial charge on any atom is -0.323 e. The molecule has 0 atom stereocenters. The molecule has 9 heteroatoms. The van der Waals surface area contributed by atoms with E-state index in [1.54, 1.807) is 0 Å². The van der Waals surface area contributed by atoms with Crippen LogP contribution in [0, 0.1) is 6.92 Å². The van der Waals surface area contributed by atoms with Crippen LogP contribution in [0.2, 0.25) is 20.1 Å². The van der Waals surface area contributed by atoms with Crippen molar-refractivity contribution in [1.82, 2.24) is 4.98 Å². The summed E-state index contributed by atoms with van der Waals surface area (Å²) in [4.78, 5) is 16.2. The fourth-order valence-electron chi connectivity index (χ4n) is 1.38. The van der Waals surface area contributed by atoms with Crippen LogP contribution in [-0.2, 0) is 4.79 Å². The molecule has 0 unspecified atom stereocenters. The van der Waals surface area contributed by atoms with Gasteiger partial charge in [0.25, 0.3) is 0 Å². The lowest BCUT2D eigenvalue weighted by molar-refractivity contribution is -0.113. The molecule has 1 aromatic heterocycles. The maximum Gasteiger partial charge on any atom is 0.234 e. The zero-order valence-corrected chi connectivity index (χ0v) is 15.2. The summed E-state index contributed by atoms with van der Waals surface area (Å²) >= 11 is 26.7. The number of rotatable bonds is 4. The molecule has 0 aliphatic carbocycles. The van der Waals surface area contributed by atoms with Crippen LogP contribution in [0.1, 0.15) is 5.69 Å². The van der Waals surface area contributed by atoms with Gasteiger partial charge in [0.15, 0.2) is 4.34 Å². The van der Waals surface area contributed by atoms with Crippen LogP contribution in [-0.4, -0.2) is 16.6 Å². The lowest BCUT2D eigenvalue weighted by Crippen LogP contribution is -2.14. The van der Waals surface area contributed by atoms with E-state index in [0.717, 1.165) is 10.0 Å². The van der Waals surface area contributed by atoms with Crippen molar-refractivity contribution < 1.29 is 4.79 Å². The SMILES string of the molecule is Cc1csc(SCC(=O)Nc2c(Cl)c(Cl)cc(Cl)c2Cl)n1. The third-order valence-corrected chi connectivity index (χ3v) is 6.01. The summed E-state index contributed by atoms with van der Waals surface area (Å²) in [5, 5.41) is 5.32. The average Bonchev–Trinajstić information content (AvgIpc) is 2.85. The number of amides is 1. The molecule has 0 spiro atoms. The number of aromatic nitrogens is 1. The van der Waals surface area contributed by atoms with Crippen LogP contribution in [0.25, 0.3) is 0 Å². The first-order chi connectivity index (χ1) is 9.88. The Hall–Kier alpha value is -0.170. The number of thiazole rings is 1. The van der Waals surface area contributed by atoms with Gasteiger partial charge in [-0.15, -0.1) is 11.3 Å². The van der Waals surface area contributed by atoms with Crippen LogP contribution in [0.15, 0.2) is 15.8 Å². The van der Waals surface area contributed by atoms with E-state index in [1.807, 2.05) is 12.3 Å². The third kappa shape index (κ3) is 4.41. The molecule has 112 valence electrons. The number of anilines is 1. The van der Waals surface area contributed by atoms with Gasteiger partial charge in [0.2, 0.25) is 5.91 Å². The summed E-state index contributed by atoms with van der Waals surface area (Å²) in [6, 6.07) is 1.43. The van der Waals surface area contributed by atoms with Gasteiger partial charge in [-0.2, -0.15) is 0 Å². The molecular weight excluding hydrogens is 394 g/mol. The maximum atomic E-state index is 12.0. The number of carbonyl (C=O) groups excluding carboxylic acids is 1. The Morgan fingerprint density at radius 2 is 1.90 bits per heavy atom. The summed E-state index contributed by atoms with van der Waals surface area (Å²) in [6.45, 7) is 1.90. The Kier molecular flexibility index (Phi) is 6.05. The van der Waals surface area contributed by atoms with Crippen LogP contribution < -0.4 is 5.32 Å². The van der Waals surface area contributed by atoms with Crippen molar-refractivity contribution in [2.45, 2.75) is 11.3 Å². The topological polar surface area (TPSA) is 42.0 Å². The van der Waals surface area contributed by atoms with Crippen molar-refractivity contribution in [3.63, 3.8) is 0 Å². The van der Waals surface area contributed by atoms with Crippen molar-refractivity contribution in [3.8, 4) is 0 Å². The zero-order chi connectivity index (χ0) is 15.6. The molecule has 0 saturated heterocycles. The minimum atomic E-state index is -0.269. The lowest BCUT2D eigenvalue weighted by Gasteiger charge is -2.11. The number of hydrogen-bond acceptors (Lipinski definition) is 4. The first-order valence-electron chi connectivity index (χ1n) is 5.56. The number of nitrogens with zero attached hydrogens (tertiary/aromatic N) is 1. The van der Waals surface area contributed by atoms with Crippen molar-refractivity contribution >= 4 is 81.1 Å². The number of carbonyl (C=O) groups is 1. The number of nitrogens with one attached hydrogen (secondary N) is 1. The summed E-state index contributed by atoms with van der Waals surface area (Å²) in [5.74, 6) is -0.0843. The van der Waals surface area contributed by atoms with Crippen molar-refractivity contribution in [3.05, 3.63) is 37.2 Å². The van der Waals surface area contributed by atoms with Gasteiger partial charge >= 0.3 is 0 Å². The highest BCUT2D eigenvalue weighted by Crippen LogP contribution is 2.41. The largest absolute Gasteiger partial charge is 0.323 e. The standard InChI is InChI=1S/C12H8Cl4N2OS2/c1-5-3-20-12(17-5)21-4-8(19)18-11-9(15)6(13)2-7(14)10(11)16/h2-3H,4H2,1H3,(H,18,19). The van der Waals surface area contributed by atoms with Crippen LogP contribution >= 0.6 is 69.5 Å².